The second kappa shape index (κ2) is 9.37. The van der Waals surface area contributed by atoms with Crippen molar-refractivity contribution in [3.05, 3.63) is 50.6 Å². The highest BCUT2D eigenvalue weighted by molar-refractivity contribution is 7.99. The number of nitrogens with zero attached hydrogens (tertiary/aromatic N) is 2. The molecular weight excluding hydrogens is 444 g/mol. The number of ketones is 1. The lowest BCUT2D eigenvalue weighted by Crippen LogP contribution is -2.29. The van der Waals surface area contributed by atoms with Crippen LogP contribution in [0, 0.1) is 0 Å². The molecule has 0 saturated carbocycles. The molecule has 5 rings (SSSR count). The van der Waals surface area contributed by atoms with Crippen molar-refractivity contribution >= 4 is 39.1 Å². The first-order chi connectivity index (χ1) is 15.7. The van der Waals surface area contributed by atoms with Gasteiger partial charge in [-0.3, -0.25) is 14.2 Å². The van der Waals surface area contributed by atoms with E-state index in [-0.39, 0.29) is 23.2 Å². The first-order valence-electron chi connectivity index (χ1n) is 11.1. The first kappa shape index (κ1) is 21.7. The van der Waals surface area contributed by atoms with E-state index in [4.69, 9.17) is 14.5 Å². The van der Waals surface area contributed by atoms with Gasteiger partial charge in [-0.15, -0.1) is 11.3 Å². The number of Topliss-reactive ketones (excluding diaryl/α,β-unsaturated/α-hetero) is 1. The average molecular weight is 471 g/mol. The molecule has 1 saturated heterocycles. The Labute approximate surface area is 195 Å². The van der Waals surface area contributed by atoms with Crippen LogP contribution in [0.25, 0.3) is 10.2 Å². The Bertz CT molecular complexity index is 1210. The largest absolute Gasteiger partial charge is 0.496 e. The van der Waals surface area contributed by atoms with Crippen LogP contribution in [0.1, 0.15) is 46.5 Å². The highest BCUT2D eigenvalue weighted by Gasteiger charge is 2.25. The van der Waals surface area contributed by atoms with E-state index in [1.54, 1.807) is 35.1 Å². The van der Waals surface area contributed by atoms with Gasteiger partial charge in [-0.1, -0.05) is 23.9 Å². The second-order valence-electron chi connectivity index (χ2n) is 8.25. The molecule has 1 atom stereocenters. The van der Waals surface area contributed by atoms with Gasteiger partial charge in [-0.05, 0) is 56.2 Å². The molecule has 1 aliphatic carbocycles. The molecule has 1 unspecified atom stereocenters. The second-order valence-corrected chi connectivity index (χ2v) is 10.3. The number of thiophene rings is 1. The maximum atomic E-state index is 13.6. The molecule has 0 amide bonds. The van der Waals surface area contributed by atoms with Crippen LogP contribution in [-0.4, -0.2) is 40.9 Å². The Morgan fingerprint density at radius 3 is 2.94 bits per heavy atom. The summed E-state index contributed by atoms with van der Waals surface area (Å²) >= 11 is 2.97. The van der Waals surface area contributed by atoms with Crippen molar-refractivity contribution in [3.8, 4) is 5.75 Å². The summed E-state index contributed by atoms with van der Waals surface area (Å²) in [5.41, 5.74) is 1.75. The molecule has 1 aromatic carbocycles. The van der Waals surface area contributed by atoms with Gasteiger partial charge in [0.15, 0.2) is 10.9 Å². The lowest BCUT2D eigenvalue weighted by Gasteiger charge is -2.16. The van der Waals surface area contributed by atoms with Gasteiger partial charge >= 0.3 is 0 Å². The molecule has 0 radical (unpaired) electrons. The maximum Gasteiger partial charge on any atom is 0.263 e. The zero-order valence-electron chi connectivity index (χ0n) is 18.1. The van der Waals surface area contributed by atoms with E-state index < -0.39 is 0 Å². The molecule has 3 heterocycles. The number of ether oxygens (including phenoxy) is 2. The summed E-state index contributed by atoms with van der Waals surface area (Å²) in [6.07, 6.45) is 6.23. The SMILES string of the molecule is COc1ccccc1C(=O)CSc1nc2sc3c(c2c(=O)n1CC1CCCO1)CCCC3. The zero-order valence-corrected chi connectivity index (χ0v) is 19.7. The fourth-order valence-corrected chi connectivity index (χ4v) is 6.76. The van der Waals surface area contributed by atoms with E-state index in [1.807, 2.05) is 12.1 Å². The topological polar surface area (TPSA) is 70.4 Å². The number of fused-ring (bicyclic) bond motifs is 3. The quantitative estimate of drug-likeness (QED) is 0.288. The molecule has 2 aromatic heterocycles. The summed E-state index contributed by atoms with van der Waals surface area (Å²) in [5.74, 6) is 0.703. The number of para-hydroxylation sites is 1. The van der Waals surface area contributed by atoms with Gasteiger partial charge in [0.2, 0.25) is 0 Å². The van der Waals surface area contributed by atoms with Crippen LogP contribution < -0.4 is 10.3 Å². The molecule has 32 heavy (non-hydrogen) atoms. The minimum absolute atomic E-state index is 0.0112. The lowest BCUT2D eigenvalue weighted by molar-refractivity contribution is 0.0937. The molecule has 1 aliphatic heterocycles. The van der Waals surface area contributed by atoms with Gasteiger partial charge in [-0.25, -0.2) is 4.98 Å². The summed E-state index contributed by atoms with van der Waals surface area (Å²) in [6.45, 7) is 1.22. The predicted molar refractivity (Wildman–Crippen MR) is 128 cm³/mol. The van der Waals surface area contributed by atoms with Crippen molar-refractivity contribution in [1.29, 1.82) is 0 Å². The number of hydrogen-bond acceptors (Lipinski definition) is 7. The third-order valence-corrected chi connectivity index (χ3v) is 8.35. The van der Waals surface area contributed by atoms with Crippen LogP contribution in [0.2, 0.25) is 0 Å². The highest BCUT2D eigenvalue weighted by Crippen LogP contribution is 2.35. The van der Waals surface area contributed by atoms with Crippen molar-refractivity contribution < 1.29 is 14.3 Å². The van der Waals surface area contributed by atoms with Crippen LogP contribution in [0.3, 0.4) is 0 Å². The summed E-state index contributed by atoms with van der Waals surface area (Å²) in [6, 6.07) is 7.22. The van der Waals surface area contributed by atoms with E-state index in [0.717, 1.165) is 48.9 Å². The van der Waals surface area contributed by atoms with E-state index in [9.17, 15) is 9.59 Å². The Morgan fingerprint density at radius 2 is 2.12 bits per heavy atom. The van der Waals surface area contributed by atoms with Crippen LogP contribution >= 0.6 is 23.1 Å². The number of carbonyl (C=O) groups is 1. The number of carbonyl (C=O) groups excluding carboxylic acids is 1. The summed E-state index contributed by atoms with van der Waals surface area (Å²) < 4.78 is 12.9. The van der Waals surface area contributed by atoms with Crippen LogP contribution in [0.15, 0.2) is 34.2 Å². The number of rotatable bonds is 7. The first-order valence-corrected chi connectivity index (χ1v) is 12.9. The van der Waals surface area contributed by atoms with Crippen molar-refractivity contribution in [2.75, 3.05) is 19.5 Å². The molecule has 3 aromatic rings. The van der Waals surface area contributed by atoms with E-state index in [2.05, 4.69) is 0 Å². The van der Waals surface area contributed by atoms with Crippen molar-refractivity contribution in [1.82, 2.24) is 9.55 Å². The predicted octanol–water partition coefficient (Wildman–Crippen LogP) is 4.50. The highest BCUT2D eigenvalue weighted by atomic mass is 32.2. The third-order valence-electron chi connectivity index (χ3n) is 6.19. The standard InChI is InChI=1S/C24H26N2O4S2/c1-29-19-10-4-2-8-16(19)18(27)14-31-24-25-22-21(17-9-3-5-11-20(17)32-22)23(28)26(24)13-15-7-6-12-30-15/h2,4,8,10,15H,3,5-7,9,11-14H2,1H3. The molecule has 168 valence electrons. The molecule has 8 heteroatoms. The van der Waals surface area contributed by atoms with E-state index in [0.29, 0.717) is 23.0 Å². The molecule has 1 fully saturated rings. The van der Waals surface area contributed by atoms with Crippen LogP contribution in [0.4, 0.5) is 0 Å². The van der Waals surface area contributed by atoms with Gasteiger partial charge < -0.3 is 9.47 Å². The molecule has 0 spiro atoms. The van der Waals surface area contributed by atoms with Crippen LogP contribution in [-0.2, 0) is 24.1 Å². The van der Waals surface area contributed by atoms with Crippen LogP contribution in [0.5, 0.6) is 5.75 Å². The van der Waals surface area contributed by atoms with Gasteiger partial charge in [0.25, 0.3) is 5.56 Å². The number of aromatic nitrogens is 2. The lowest BCUT2D eigenvalue weighted by atomic mass is 9.97. The summed E-state index contributed by atoms with van der Waals surface area (Å²) in [4.78, 5) is 33.6. The Kier molecular flexibility index (Phi) is 6.35. The smallest absolute Gasteiger partial charge is 0.263 e. The van der Waals surface area contributed by atoms with Crippen molar-refractivity contribution in [2.24, 2.45) is 0 Å². The Hall–Kier alpha value is -2.16. The monoisotopic (exact) mass is 470 g/mol. The fourth-order valence-electron chi connectivity index (χ4n) is 4.57. The molecule has 0 bridgehead atoms. The number of benzene rings is 1. The molecule has 0 N–H and O–H groups in total. The van der Waals surface area contributed by atoms with E-state index >= 15 is 0 Å². The average Bonchev–Trinajstić information content (AvgIpc) is 3.47. The van der Waals surface area contributed by atoms with Crippen molar-refractivity contribution in [2.45, 2.75) is 56.3 Å². The number of thioether (sulfide) groups is 1. The molecule has 6 nitrogen and oxygen atoms in total. The number of methoxy groups -OCH3 is 1. The van der Waals surface area contributed by atoms with E-state index in [1.165, 1.54) is 28.6 Å². The normalized spacial score (nSPS) is 18.1. The van der Waals surface area contributed by atoms with Gasteiger partial charge in [0.05, 0.1) is 36.5 Å². The zero-order chi connectivity index (χ0) is 22.1. The van der Waals surface area contributed by atoms with Gasteiger partial charge in [-0.2, -0.15) is 0 Å². The maximum absolute atomic E-state index is 13.6. The Morgan fingerprint density at radius 1 is 1.28 bits per heavy atom. The fraction of sp³-hybridized carbons (Fsp3) is 0.458. The number of aryl methyl sites for hydroxylation is 2. The van der Waals surface area contributed by atoms with Crippen molar-refractivity contribution in [3.63, 3.8) is 0 Å². The van der Waals surface area contributed by atoms with Gasteiger partial charge in [0, 0.05) is 11.5 Å². The summed E-state index contributed by atoms with van der Waals surface area (Å²) in [5, 5.41) is 1.38. The molecular formula is C24H26N2O4S2. The number of hydrogen-bond donors (Lipinski definition) is 0. The minimum Gasteiger partial charge on any atom is -0.496 e. The Balaban J connectivity index is 1.50. The minimum atomic E-state index is -0.0454. The molecule has 2 aliphatic rings. The summed E-state index contributed by atoms with van der Waals surface area (Å²) in [7, 11) is 1.56. The third kappa shape index (κ3) is 4.11. The van der Waals surface area contributed by atoms with Gasteiger partial charge in [0.1, 0.15) is 10.6 Å².